The molecular weight excluding hydrogens is 435 g/mol. The van der Waals surface area contributed by atoms with Gasteiger partial charge in [0.25, 0.3) is 0 Å². The number of likely N-dealkylation sites (N-methyl/N-ethyl adjacent to an activating group) is 1. The van der Waals surface area contributed by atoms with Gasteiger partial charge in [-0.05, 0) is 50.5 Å². The maximum atomic E-state index is 14.9. The van der Waals surface area contributed by atoms with Crippen molar-refractivity contribution >= 4 is 18.3 Å². The minimum atomic E-state index is -0.388. The second kappa shape index (κ2) is 10.1. The highest BCUT2D eigenvalue weighted by Gasteiger charge is 2.32. The molecule has 2 aromatic heterocycles. The SMILES string of the molecule is CN[C@H]1C[C@H](c2ccc(-c3ccc(-c4nnn(CCN(C)C)n4)nc3)c(F)c2)C(=O)N1.Cl. The topological polar surface area (TPSA) is 101 Å². The van der Waals surface area contributed by atoms with Gasteiger partial charge in [-0.25, -0.2) is 4.39 Å². The number of amides is 1. The number of rotatable bonds is 7. The average molecular weight is 461 g/mol. The first-order chi connectivity index (χ1) is 14.9. The van der Waals surface area contributed by atoms with E-state index in [0.29, 0.717) is 41.2 Å². The Hall–Kier alpha value is -2.95. The molecule has 170 valence electrons. The monoisotopic (exact) mass is 460 g/mol. The van der Waals surface area contributed by atoms with Gasteiger partial charge in [-0.1, -0.05) is 18.2 Å². The van der Waals surface area contributed by atoms with E-state index in [-0.39, 0.29) is 36.2 Å². The molecule has 0 spiro atoms. The number of benzene rings is 1. The number of carbonyl (C=O) groups excluding carboxylic acids is 1. The van der Waals surface area contributed by atoms with E-state index in [9.17, 15) is 9.18 Å². The molecule has 0 radical (unpaired) electrons. The van der Waals surface area contributed by atoms with E-state index >= 15 is 0 Å². The van der Waals surface area contributed by atoms with Crippen LogP contribution in [-0.4, -0.2) is 69.9 Å². The Morgan fingerprint density at radius 3 is 2.72 bits per heavy atom. The lowest BCUT2D eigenvalue weighted by molar-refractivity contribution is -0.120. The summed E-state index contributed by atoms with van der Waals surface area (Å²) < 4.78 is 14.9. The van der Waals surface area contributed by atoms with Gasteiger partial charge in [0.05, 0.1) is 18.6 Å². The Labute approximate surface area is 191 Å². The van der Waals surface area contributed by atoms with Crippen LogP contribution in [0.5, 0.6) is 0 Å². The van der Waals surface area contributed by atoms with Crippen molar-refractivity contribution < 1.29 is 9.18 Å². The first kappa shape index (κ1) is 23.7. The van der Waals surface area contributed by atoms with Gasteiger partial charge in [-0.15, -0.1) is 22.6 Å². The molecule has 1 fully saturated rings. The van der Waals surface area contributed by atoms with Crippen LogP contribution in [0.1, 0.15) is 17.9 Å². The Morgan fingerprint density at radius 2 is 2.09 bits per heavy atom. The number of hydrogen-bond acceptors (Lipinski definition) is 7. The van der Waals surface area contributed by atoms with Crippen LogP contribution in [0.15, 0.2) is 36.5 Å². The first-order valence-electron chi connectivity index (χ1n) is 10.1. The van der Waals surface area contributed by atoms with Crippen LogP contribution in [0, 0.1) is 5.82 Å². The van der Waals surface area contributed by atoms with Crippen LogP contribution in [0.25, 0.3) is 22.6 Å². The van der Waals surface area contributed by atoms with Gasteiger partial charge in [-0.3, -0.25) is 9.78 Å². The third-order valence-corrected chi connectivity index (χ3v) is 5.35. The molecular formula is C21H26ClFN8O. The van der Waals surface area contributed by atoms with E-state index in [1.54, 1.807) is 37.5 Å². The van der Waals surface area contributed by atoms with Crippen molar-refractivity contribution in [2.24, 2.45) is 0 Å². The van der Waals surface area contributed by atoms with Gasteiger partial charge in [0.15, 0.2) is 0 Å². The highest BCUT2D eigenvalue weighted by atomic mass is 35.5. The van der Waals surface area contributed by atoms with Crippen LogP contribution in [-0.2, 0) is 11.3 Å². The molecule has 1 amide bonds. The molecule has 9 nitrogen and oxygen atoms in total. The lowest BCUT2D eigenvalue weighted by atomic mass is 9.94. The fraction of sp³-hybridized carbons (Fsp3) is 0.381. The maximum absolute atomic E-state index is 14.9. The molecule has 0 aliphatic carbocycles. The minimum absolute atomic E-state index is 0. The molecule has 1 saturated heterocycles. The van der Waals surface area contributed by atoms with Gasteiger partial charge in [-0.2, -0.15) is 4.80 Å². The van der Waals surface area contributed by atoms with Crippen molar-refractivity contribution in [1.29, 1.82) is 0 Å². The molecule has 1 aliphatic heterocycles. The Kier molecular flexibility index (Phi) is 7.49. The Bertz CT molecular complexity index is 1070. The lowest BCUT2D eigenvalue weighted by Gasteiger charge is -2.10. The van der Waals surface area contributed by atoms with E-state index in [1.807, 2.05) is 19.0 Å². The molecule has 4 rings (SSSR count). The van der Waals surface area contributed by atoms with Crippen LogP contribution >= 0.6 is 12.4 Å². The standard InChI is InChI=1S/C21H25FN8O.ClH/c1-23-19-11-16(21(31)25-19)13-4-6-15(17(22)10-13)14-5-7-18(24-12-14)20-26-28-30(27-20)9-8-29(2)3;/h4-7,10,12,16,19,23H,8-9,11H2,1-3H3,(H,25,31);1H/t16-,19-;/m1./s1. The van der Waals surface area contributed by atoms with Crippen LogP contribution in [0.2, 0.25) is 0 Å². The summed E-state index contributed by atoms with van der Waals surface area (Å²) in [7, 11) is 5.74. The number of nitrogens with one attached hydrogen (secondary N) is 2. The summed E-state index contributed by atoms with van der Waals surface area (Å²) in [4.78, 5) is 20.1. The smallest absolute Gasteiger partial charge is 0.228 e. The summed E-state index contributed by atoms with van der Waals surface area (Å²) in [5, 5.41) is 18.3. The molecule has 1 aromatic carbocycles. The number of aromatic nitrogens is 5. The predicted octanol–water partition coefficient (Wildman–Crippen LogP) is 1.67. The zero-order valence-electron chi connectivity index (χ0n) is 18.1. The molecule has 3 aromatic rings. The van der Waals surface area contributed by atoms with Crippen LogP contribution < -0.4 is 10.6 Å². The maximum Gasteiger partial charge on any atom is 0.228 e. The van der Waals surface area contributed by atoms with Gasteiger partial charge in [0.1, 0.15) is 11.5 Å². The highest BCUT2D eigenvalue weighted by Crippen LogP contribution is 2.30. The molecule has 11 heteroatoms. The largest absolute Gasteiger partial charge is 0.340 e. The van der Waals surface area contributed by atoms with Gasteiger partial charge in [0.2, 0.25) is 11.7 Å². The van der Waals surface area contributed by atoms with Crippen molar-refractivity contribution in [2.75, 3.05) is 27.7 Å². The van der Waals surface area contributed by atoms with Crippen molar-refractivity contribution in [2.45, 2.75) is 25.0 Å². The lowest BCUT2D eigenvalue weighted by Crippen LogP contribution is -2.36. The molecule has 1 aliphatic rings. The normalized spacial score (nSPS) is 18.0. The summed E-state index contributed by atoms with van der Waals surface area (Å²) in [6, 6.07) is 8.45. The molecule has 0 saturated carbocycles. The Morgan fingerprint density at radius 1 is 1.28 bits per heavy atom. The summed E-state index contributed by atoms with van der Waals surface area (Å²) in [5.41, 5.74) is 2.29. The number of halogens is 2. The predicted molar refractivity (Wildman–Crippen MR) is 121 cm³/mol. The summed E-state index contributed by atoms with van der Waals surface area (Å²) in [6.45, 7) is 1.43. The van der Waals surface area contributed by atoms with Crippen LogP contribution in [0.3, 0.4) is 0 Å². The van der Waals surface area contributed by atoms with Crippen molar-refractivity contribution in [1.82, 2.24) is 40.7 Å². The zero-order chi connectivity index (χ0) is 22.0. The summed E-state index contributed by atoms with van der Waals surface area (Å²) in [5.74, 6) is -0.417. The number of pyridine rings is 1. The summed E-state index contributed by atoms with van der Waals surface area (Å²) in [6.07, 6.45) is 2.09. The average Bonchev–Trinajstić information content (AvgIpc) is 3.39. The fourth-order valence-electron chi connectivity index (χ4n) is 3.55. The van der Waals surface area contributed by atoms with Crippen LogP contribution in [0.4, 0.5) is 4.39 Å². The third kappa shape index (κ3) is 5.09. The number of hydrogen-bond donors (Lipinski definition) is 2. The van der Waals surface area contributed by atoms with E-state index in [2.05, 4.69) is 31.0 Å². The fourth-order valence-corrected chi connectivity index (χ4v) is 3.55. The number of nitrogens with zero attached hydrogens (tertiary/aromatic N) is 6. The molecule has 0 unspecified atom stereocenters. The van der Waals surface area contributed by atoms with E-state index in [1.165, 1.54) is 10.9 Å². The van der Waals surface area contributed by atoms with E-state index in [4.69, 9.17) is 0 Å². The second-order valence-electron chi connectivity index (χ2n) is 7.82. The van der Waals surface area contributed by atoms with Gasteiger partial charge in [0, 0.05) is 23.9 Å². The molecule has 32 heavy (non-hydrogen) atoms. The van der Waals surface area contributed by atoms with Crippen molar-refractivity contribution in [3.63, 3.8) is 0 Å². The Balaban J connectivity index is 0.00000289. The summed E-state index contributed by atoms with van der Waals surface area (Å²) >= 11 is 0. The number of tetrazole rings is 1. The van der Waals surface area contributed by atoms with E-state index in [0.717, 1.165) is 6.54 Å². The quantitative estimate of drug-likeness (QED) is 0.553. The molecule has 2 N–H and O–H groups in total. The van der Waals surface area contributed by atoms with Crippen molar-refractivity contribution in [3.05, 3.63) is 47.9 Å². The highest BCUT2D eigenvalue weighted by molar-refractivity contribution is 5.86. The molecule has 3 heterocycles. The first-order valence-corrected chi connectivity index (χ1v) is 10.1. The third-order valence-electron chi connectivity index (χ3n) is 5.35. The molecule has 0 bridgehead atoms. The van der Waals surface area contributed by atoms with Crippen molar-refractivity contribution in [3.8, 4) is 22.6 Å². The van der Waals surface area contributed by atoms with Gasteiger partial charge >= 0.3 is 0 Å². The van der Waals surface area contributed by atoms with Gasteiger partial charge < -0.3 is 15.5 Å². The second-order valence-corrected chi connectivity index (χ2v) is 7.82. The number of carbonyl (C=O) groups is 1. The van der Waals surface area contributed by atoms with E-state index < -0.39 is 0 Å². The zero-order valence-corrected chi connectivity index (χ0v) is 18.9. The molecule has 2 atom stereocenters. The minimum Gasteiger partial charge on any atom is -0.340 e.